The zero-order valence-corrected chi connectivity index (χ0v) is 15.3. The molecule has 0 N–H and O–H groups in total. The average Bonchev–Trinajstić information content (AvgIpc) is 2.73. The van der Waals surface area contributed by atoms with Crippen molar-refractivity contribution in [1.29, 1.82) is 0 Å². The molecule has 3 rings (SSSR count). The third-order valence-corrected chi connectivity index (χ3v) is 5.22. The first-order chi connectivity index (χ1) is 13.4. The van der Waals surface area contributed by atoms with Gasteiger partial charge in [-0.2, -0.15) is 8.42 Å². The fourth-order valence-electron chi connectivity index (χ4n) is 2.57. The molecule has 0 amide bonds. The van der Waals surface area contributed by atoms with E-state index in [0.717, 1.165) is 6.07 Å². The number of hydrogen-bond donors (Lipinski definition) is 0. The quantitative estimate of drug-likeness (QED) is 0.259. The summed E-state index contributed by atoms with van der Waals surface area (Å²) in [4.78, 5) is 22.8. The van der Waals surface area contributed by atoms with E-state index in [9.17, 15) is 23.3 Å². The number of hydrogen-bond acceptors (Lipinski definition) is 6. The molecule has 0 aliphatic heterocycles. The van der Waals surface area contributed by atoms with E-state index in [1.165, 1.54) is 18.2 Å². The van der Waals surface area contributed by atoms with Gasteiger partial charge >= 0.3 is 0 Å². The lowest BCUT2D eigenvalue weighted by molar-refractivity contribution is -0.385. The summed E-state index contributed by atoms with van der Waals surface area (Å²) in [6.07, 6.45) is -1.42. The van der Waals surface area contributed by atoms with Crippen molar-refractivity contribution >= 4 is 21.6 Å². The van der Waals surface area contributed by atoms with Crippen LogP contribution in [0.25, 0.3) is 0 Å². The summed E-state index contributed by atoms with van der Waals surface area (Å²) in [5.74, 6) is -0.541. The van der Waals surface area contributed by atoms with E-state index >= 15 is 0 Å². The Balaban J connectivity index is 2.01. The van der Waals surface area contributed by atoms with E-state index in [2.05, 4.69) is 0 Å². The van der Waals surface area contributed by atoms with Crippen LogP contribution in [0.1, 0.15) is 22.0 Å². The summed E-state index contributed by atoms with van der Waals surface area (Å²) in [5.41, 5.74) is 0.242. The molecule has 0 spiro atoms. The summed E-state index contributed by atoms with van der Waals surface area (Å²) in [7, 11) is -4.44. The van der Waals surface area contributed by atoms with Crippen LogP contribution in [0.4, 0.5) is 5.69 Å². The van der Waals surface area contributed by atoms with Crippen LogP contribution in [-0.4, -0.2) is 19.1 Å². The molecule has 7 nitrogen and oxygen atoms in total. The predicted molar refractivity (Wildman–Crippen MR) is 101 cm³/mol. The molecule has 0 aliphatic rings. The number of carbonyl (C=O) groups is 1. The van der Waals surface area contributed by atoms with Gasteiger partial charge in [-0.3, -0.25) is 14.9 Å². The normalized spacial score (nSPS) is 12.3. The van der Waals surface area contributed by atoms with Crippen LogP contribution in [0.3, 0.4) is 0 Å². The Bertz CT molecular complexity index is 1100. The van der Waals surface area contributed by atoms with Gasteiger partial charge < -0.3 is 0 Å². The van der Waals surface area contributed by atoms with Crippen LogP contribution >= 0.6 is 0 Å². The summed E-state index contributed by atoms with van der Waals surface area (Å²) in [6.45, 7) is 0. The molecule has 142 valence electrons. The molecular formula is C20H15NO6S. The van der Waals surface area contributed by atoms with E-state index < -0.39 is 37.5 Å². The van der Waals surface area contributed by atoms with Crippen LogP contribution in [0, 0.1) is 10.1 Å². The van der Waals surface area contributed by atoms with Crippen molar-refractivity contribution in [2.45, 2.75) is 11.0 Å². The molecule has 0 saturated heterocycles. The Morgan fingerprint density at radius 2 is 1.50 bits per heavy atom. The van der Waals surface area contributed by atoms with Crippen LogP contribution < -0.4 is 0 Å². The zero-order valence-electron chi connectivity index (χ0n) is 14.5. The number of Topliss-reactive ketones (excluding diaryl/α,β-unsaturated/α-hetero) is 1. The van der Waals surface area contributed by atoms with Gasteiger partial charge in [0.15, 0.2) is 11.9 Å². The predicted octanol–water partition coefficient (Wildman–Crippen LogP) is 3.92. The third-order valence-electron chi connectivity index (χ3n) is 3.94. The lowest BCUT2D eigenvalue weighted by Gasteiger charge is -2.17. The highest BCUT2D eigenvalue weighted by Crippen LogP contribution is 2.28. The van der Waals surface area contributed by atoms with E-state index in [1.54, 1.807) is 60.7 Å². The molecule has 0 fully saturated rings. The maximum atomic E-state index is 12.9. The second kappa shape index (κ2) is 8.12. The van der Waals surface area contributed by atoms with E-state index in [4.69, 9.17) is 4.18 Å². The van der Waals surface area contributed by atoms with Crippen LogP contribution in [0.5, 0.6) is 0 Å². The first kappa shape index (κ1) is 19.4. The summed E-state index contributed by atoms with van der Waals surface area (Å²) in [5, 5.41) is 10.9. The number of rotatable bonds is 7. The van der Waals surface area contributed by atoms with Crippen molar-refractivity contribution in [2.75, 3.05) is 0 Å². The molecule has 0 bridgehead atoms. The SMILES string of the molecule is O=C(c1ccccc1)C(OS(=O)(=O)c1cccc([N+](=O)[O-])c1)c1ccccc1. The fourth-order valence-corrected chi connectivity index (χ4v) is 3.64. The number of benzene rings is 3. The van der Waals surface area contributed by atoms with Crippen molar-refractivity contribution in [3.05, 3.63) is 106 Å². The van der Waals surface area contributed by atoms with E-state index in [0.29, 0.717) is 5.56 Å². The summed E-state index contributed by atoms with van der Waals surface area (Å²) >= 11 is 0. The van der Waals surface area contributed by atoms with Crippen molar-refractivity contribution in [3.63, 3.8) is 0 Å². The molecule has 1 unspecified atom stereocenters. The minimum absolute atomic E-state index is 0.283. The van der Waals surface area contributed by atoms with Crippen LogP contribution in [-0.2, 0) is 14.3 Å². The molecule has 0 radical (unpaired) electrons. The first-order valence-corrected chi connectivity index (χ1v) is 9.61. The monoisotopic (exact) mass is 397 g/mol. The lowest BCUT2D eigenvalue weighted by Crippen LogP contribution is -2.20. The second-order valence-corrected chi connectivity index (χ2v) is 7.40. The molecular weight excluding hydrogens is 382 g/mol. The minimum Gasteiger partial charge on any atom is -0.291 e. The first-order valence-electron chi connectivity index (χ1n) is 8.20. The summed E-state index contributed by atoms with van der Waals surface area (Å²) < 4.78 is 30.7. The van der Waals surface area contributed by atoms with Crippen molar-refractivity contribution < 1.29 is 22.3 Å². The number of nitro groups is 1. The highest BCUT2D eigenvalue weighted by Gasteiger charge is 2.30. The Hall–Kier alpha value is -3.36. The molecule has 0 aliphatic carbocycles. The van der Waals surface area contributed by atoms with E-state index in [1.807, 2.05) is 0 Å². The van der Waals surface area contributed by atoms with Crippen molar-refractivity contribution in [2.24, 2.45) is 0 Å². The highest BCUT2D eigenvalue weighted by atomic mass is 32.2. The number of nitro benzene ring substituents is 1. The van der Waals surface area contributed by atoms with Gasteiger partial charge in [0, 0.05) is 17.7 Å². The van der Waals surface area contributed by atoms with Gasteiger partial charge in [0.2, 0.25) is 0 Å². The number of nitrogens with zero attached hydrogens (tertiary/aromatic N) is 1. The molecule has 0 heterocycles. The Labute approximate surface area is 161 Å². The standard InChI is InChI=1S/C20H15NO6S/c22-19(15-8-3-1-4-9-15)20(16-10-5-2-6-11-16)27-28(25,26)18-13-7-12-17(14-18)21(23)24/h1-14,20H. The largest absolute Gasteiger partial charge is 0.298 e. The van der Waals surface area contributed by atoms with E-state index in [-0.39, 0.29) is 5.56 Å². The number of carbonyl (C=O) groups excluding carboxylic acids is 1. The molecule has 28 heavy (non-hydrogen) atoms. The zero-order chi connectivity index (χ0) is 20.1. The Kier molecular flexibility index (Phi) is 5.62. The number of ketones is 1. The van der Waals surface area contributed by atoms with Gasteiger partial charge in [0.1, 0.15) is 4.90 Å². The Morgan fingerprint density at radius 3 is 2.11 bits per heavy atom. The van der Waals surface area contributed by atoms with Gasteiger partial charge in [0.25, 0.3) is 15.8 Å². The topological polar surface area (TPSA) is 104 Å². The molecule has 8 heteroatoms. The van der Waals surface area contributed by atoms with Crippen molar-refractivity contribution in [1.82, 2.24) is 0 Å². The van der Waals surface area contributed by atoms with Gasteiger partial charge in [-0.25, -0.2) is 4.18 Å². The number of non-ortho nitro benzene ring substituents is 1. The van der Waals surface area contributed by atoms with Gasteiger partial charge in [-0.15, -0.1) is 0 Å². The average molecular weight is 397 g/mol. The molecule has 1 atom stereocenters. The van der Waals surface area contributed by atoms with Crippen LogP contribution in [0.15, 0.2) is 89.8 Å². The molecule has 0 aromatic heterocycles. The van der Waals surface area contributed by atoms with Gasteiger partial charge in [-0.1, -0.05) is 66.7 Å². The van der Waals surface area contributed by atoms with Crippen molar-refractivity contribution in [3.8, 4) is 0 Å². The third kappa shape index (κ3) is 4.30. The molecule has 3 aromatic rings. The molecule has 3 aromatic carbocycles. The van der Waals surface area contributed by atoms with Crippen LogP contribution in [0.2, 0.25) is 0 Å². The maximum Gasteiger partial charge on any atom is 0.298 e. The minimum atomic E-state index is -4.44. The summed E-state index contributed by atoms with van der Waals surface area (Å²) in [6, 6.07) is 20.8. The molecule has 0 saturated carbocycles. The Morgan fingerprint density at radius 1 is 0.893 bits per heavy atom. The van der Waals surface area contributed by atoms with Gasteiger partial charge in [-0.05, 0) is 11.6 Å². The highest BCUT2D eigenvalue weighted by molar-refractivity contribution is 7.86. The smallest absolute Gasteiger partial charge is 0.291 e. The fraction of sp³-hybridized carbons (Fsp3) is 0.0500. The maximum absolute atomic E-state index is 12.9. The lowest BCUT2D eigenvalue weighted by atomic mass is 10.0. The van der Waals surface area contributed by atoms with Gasteiger partial charge in [0.05, 0.1) is 4.92 Å². The second-order valence-electron chi connectivity index (χ2n) is 5.83.